The predicted molar refractivity (Wildman–Crippen MR) is 71.2 cm³/mol. The Labute approximate surface area is 107 Å². The first-order valence-electron chi connectivity index (χ1n) is 6.56. The van der Waals surface area contributed by atoms with Crippen LogP contribution in [0.15, 0.2) is 35.2 Å². The molecule has 2 heteroatoms. The average Bonchev–Trinajstić information content (AvgIpc) is 2.72. The van der Waals surface area contributed by atoms with Gasteiger partial charge in [0.25, 0.3) is 0 Å². The lowest BCUT2D eigenvalue weighted by Gasteiger charge is -2.32. The molecule has 17 heavy (non-hydrogen) atoms. The van der Waals surface area contributed by atoms with Crippen LogP contribution in [0, 0.1) is 11.8 Å². The SMILES string of the molecule is O=C1CC2CCC[C@H](Sc3ccccc3)C2C1. The zero-order valence-electron chi connectivity index (χ0n) is 9.97. The molecule has 0 N–H and O–H groups in total. The molecule has 2 saturated carbocycles. The molecular formula is C15H18OS. The molecule has 0 heterocycles. The minimum absolute atomic E-state index is 0.501. The van der Waals surface area contributed by atoms with Crippen molar-refractivity contribution in [2.45, 2.75) is 42.2 Å². The maximum atomic E-state index is 11.6. The third-order valence-electron chi connectivity index (χ3n) is 4.13. The lowest BCUT2D eigenvalue weighted by atomic mass is 9.81. The number of hydrogen-bond donors (Lipinski definition) is 0. The second-order valence-corrected chi connectivity index (χ2v) is 6.58. The summed E-state index contributed by atoms with van der Waals surface area (Å²) in [5, 5.41) is 0.669. The van der Waals surface area contributed by atoms with Gasteiger partial charge in [0.15, 0.2) is 0 Å². The summed E-state index contributed by atoms with van der Waals surface area (Å²) in [6.07, 6.45) is 5.57. The molecule has 0 amide bonds. The lowest BCUT2D eigenvalue weighted by molar-refractivity contribution is -0.117. The van der Waals surface area contributed by atoms with Crippen LogP contribution >= 0.6 is 11.8 Å². The highest BCUT2D eigenvalue weighted by molar-refractivity contribution is 8.00. The summed E-state index contributed by atoms with van der Waals surface area (Å²) in [5.74, 6) is 1.85. The summed E-state index contributed by atoms with van der Waals surface area (Å²) in [7, 11) is 0. The number of carbonyl (C=O) groups excluding carboxylic acids is 1. The molecule has 2 aliphatic rings. The van der Waals surface area contributed by atoms with Gasteiger partial charge in [0.1, 0.15) is 5.78 Å². The van der Waals surface area contributed by atoms with Crippen LogP contribution in [0.4, 0.5) is 0 Å². The molecule has 0 aliphatic heterocycles. The second-order valence-electron chi connectivity index (χ2n) is 5.27. The van der Waals surface area contributed by atoms with Crippen molar-refractivity contribution >= 4 is 17.5 Å². The first kappa shape index (κ1) is 11.3. The van der Waals surface area contributed by atoms with Crippen LogP contribution in [0.3, 0.4) is 0 Å². The smallest absolute Gasteiger partial charge is 0.133 e. The van der Waals surface area contributed by atoms with Crippen molar-refractivity contribution in [3.63, 3.8) is 0 Å². The van der Waals surface area contributed by atoms with Gasteiger partial charge in [-0.25, -0.2) is 0 Å². The molecule has 1 nitrogen and oxygen atoms in total. The van der Waals surface area contributed by atoms with Gasteiger partial charge in [-0.3, -0.25) is 4.79 Å². The van der Waals surface area contributed by atoms with E-state index in [0.29, 0.717) is 22.9 Å². The summed E-state index contributed by atoms with van der Waals surface area (Å²) in [5.41, 5.74) is 0. The van der Waals surface area contributed by atoms with E-state index in [2.05, 4.69) is 30.3 Å². The van der Waals surface area contributed by atoms with E-state index in [1.54, 1.807) is 0 Å². The number of ketones is 1. The maximum absolute atomic E-state index is 11.6. The average molecular weight is 246 g/mol. The van der Waals surface area contributed by atoms with Crippen molar-refractivity contribution in [1.29, 1.82) is 0 Å². The number of fused-ring (bicyclic) bond motifs is 1. The van der Waals surface area contributed by atoms with E-state index in [0.717, 1.165) is 12.8 Å². The van der Waals surface area contributed by atoms with Crippen LogP contribution in [0.2, 0.25) is 0 Å². The van der Waals surface area contributed by atoms with Crippen molar-refractivity contribution in [3.8, 4) is 0 Å². The van der Waals surface area contributed by atoms with Crippen LogP contribution < -0.4 is 0 Å². The molecule has 3 rings (SSSR count). The third kappa shape index (κ3) is 2.42. The van der Waals surface area contributed by atoms with E-state index in [1.165, 1.54) is 24.2 Å². The van der Waals surface area contributed by atoms with Crippen LogP contribution in [0.5, 0.6) is 0 Å². The van der Waals surface area contributed by atoms with E-state index in [4.69, 9.17) is 0 Å². The number of carbonyl (C=O) groups is 1. The lowest BCUT2D eigenvalue weighted by Crippen LogP contribution is -2.26. The van der Waals surface area contributed by atoms with Gasteiger partial charge in [0.05, 0.1) is 0 Å². The number of rotatable bonds is 2. The minimum Gasteiger partial charge on any atom is -0.300 e. The van der Waals surface area contributed by atoms with Gasteiger partial charge in [0, 0.05) is 23.0 Å². The van der Waals surface area contributed by atoms with Crippen LogP contribution in [-0.4, -0.2) is 11.0 Å². The molecule has 2 unspecified atom stereocenters. The highest BCUT2D eigenvalue weighted by atomic mass is 32.2. The predicted octanol–water partition coefficient (Wildman–Crippen LogP) is 3.93. The van der Waals surface area contributed by atoms with Gasteiger partial charge in [-0.15, -0.1) is 11.8 Å². The summed E-state index contributed by atoms with van der Waals surface area (Å²) in [4.78, 5) is 13.0. The van der Waals surface area contributed by atoms with E-state index in [9.17, 15) is 4.79 Å². The number of thioether (sulfide) groups is 1. The normalized spacial score (nSPS) is 32.5. The molecule has 90 valence electrons. The molecule has 1 aromatic carbocycles. The van der Waals surface area contributed by atoms with Gasteiger partial charge < -0.3 is 0 Å². The van der Waals surface area contributed by atoms with Gasteiger partial charge in [-0.05, 0) is 36.8 Å². The molecular weight excluding hydrogens is 228 g/mol. The zero-order chi connectivity index (χ0) is 11.7. The van der Waals surface area contributed by atoms with Crippen molar-refractivity contribution in [2.24, 2.45) is 11.8 Å². The Balaban J connectivity index is 1.72. The number of benzene rings is 1. The van der Waals surface area contributed by atoms with E-state index in [-0.39, 0.29) is 0 Å². The molecule has 0 saturated heterocycles. The highest BCUT2D eigenvalue weighted by Gasteiger charge is 2.40. The molecule has 1 aromatic rings. The minimum atomic E-state index is 0.501. The molecule has 0 spiro atoms. The van der Waals surface area contributed by atoms with E-state index < -0.39 is 0 Å². The molecule has 2 aliphatic carbocycles. The first-order chi connectivity index (χ1) is 8.33. The summed E-state index contributed by atoms with van der Waals surface area (Å²) in [6.45, 7) is 0. The summed E-state index contributed by atoms with van der Waals surface area (Å²) < 4.78 is 0. The summed E-state index contributed by atoms with van der Waals surface area (Å²) >= 11 is 1.99. The van der Waals surface area contributed by atoms with Crippen LogP contribution in [0.1, 0.15) is 32.1 Å². The van der Waals surface area contributed by atoms with Crippen LogP contribution in [-0.2, 0) is 4.79 Å². The molecule has 3 atom stereocenters. The Morgan fingerprint density at radius 1 is 1.06 bits per heavy atom. The maximum Gasteiger partial charge on any atom is 0.133 e. The second kappa shape index (κ2) is 4.85. The molecule has 2 fully saturated rings. The zero-order valence-corrected chi connectivity index (χ0v) is 10.8. The Hall–Kier alpha value is -0.760. The van der Waals surface area contributed by atoms with Gasteiger partial charge in [-0.1, -0.05) is 24.6 Å². The Bertz CT molecular complexity index is 401. The number of hydrogen-bond acceptors (Lipinski definition) is 2. The van der Waals surface area contributed by atoms with Crippen molar-refractivity contribution in [1.82, 2.24) is 0 Å². The number of Topliss-reactive ketones (excluding diaryl/α,β-unsaturated/α-hetero) is 1. The summed E-state index contributed by atoms with van der Waals surface area (Å²) in [6, 6.07) is 10.6. The molecule has 0 bridgehead atoms. The third-order valence-corrected chi connectivity index (χ3v) is 5.56. The van der Waals surface area contributed by atoms with Crippen molar-refractivity contribution in [2.75, 3.05) is 0 Å². The molecule has 0 aromatic heterocycles. The standard InChI is InChI=1S/C15H18OS/c16-12-9-11-5-4-8-15(14(11)10-12)17-13-6-2-1-3-7-13/h1-3,6-7,11,14-15H,4-5,8-10H2/t11?,14?,15-/m0/s1. The molecule has 0 radical (unpaired) electrons. The van der Waals surface area contributed by atoms with Crippen LogP contribution in [0.25, 0.3) is 0 Å². The van der Waals surface area contributed by atoms with Gasteiger partial charge in [0.2, 0.25) is 0 Å². The fourth-order valence-corrected chi connectivity index (χ4v) is 4.76. The van der Waals surface area contributed by atoms with Gasteiger partial charge >= 0.3 is 0 Å². The highest BCUT2D eigenvalue weighted by Crippen LogP contribution is 2.46. The van der Waals surface area contributed by atoms with Crippen molar-refractivity contribution in [3.05, 3.63) is 30.3 Å². The fourth-order valence-electron chi connectivity index (χ4n) is 3.32. The first-order valence-corrected chi connectivity index (χ1v) is 7.44. The topological polar surface area (TPSA) is 17.1 Å². The Morgan fingerprint density at radius 2 is 1.88 bits per heavy atom. The Kier molecular flexibility index (Phi) is 3.24. The van der Waals surface area contributed by atoms with Crippen molar-refractivity contribution < 1.29 is 4.79 Å². The van der Waals surface area contributed by atoms with E-state index in [1.807, 2.05) is 11.8 Å². The quantitative estimate of drug-likeness (QED) is 0.786. The fraction of sp³-hybridized carbons (Fsp3) is 0.533. The Morgan fingerprint density at radius 3 is 2.71 bits per heavy atom. The monoisotopic (exact) mass is 246 g/mol. The van der Waals surface area contributed by atoms with Gasteiger partial charge in [-0.2, -0.15) is 0 Å². The van der Waals surface area contributed by atoms with E-state index >= 15 is 0 Å². The largest absolute Gasteiger partial charge is 0.300 e.